The van der Waals surface area contributed by atoms with Crippen molar-refractivity contribution >= 4 is 16.8 Å². The van der Waals surface area contributed by atoms with E-state index in [0.717, 1.165) is 67.6 Å². The molecule has 1 aromatic heterocycles. The summed E-state index contributed by atoms with van der Waals surface area (Å²) in [6.07, 6.45) is 8.16. The number of carbonyl (C=O) groups is 1. The standard InChI is InChI=1S/C27H32N2O3/c1-31-25-11-10-20(17-26(25)32-22-7-3-4-8-22)16-19-12-14-29(15-13-19)27(30)24-18-21-6-2-5-9-23(21)28-24/h2,5-6,9-11,17-19,22,28H,3-4,7-8,12-16H2,1H3. The number of rotatable bonds is 6. The van der Waals surface area contributed by atoms with Gasteiger partial charge in [-0.15, -0.1) is 0 Å². The topological polar surface area (TPSA) is 54.6 Å². The first-order valence-corrected chi connectivity index (χ1v) is 11.9. The lowest BCUT2D eigenvalue weighted by Gasteiger charge is -2.32. The Balaban J connectivity index is 1.19. The number of benzene rings is 2. The minimum Gasteiger partial charge on any atom is -0.493 e. The fourth-order valence-electron chi connectivity index (χ4n) is 5.16. The van der Waals surface area contributed by atoms with E-state index in [2.05, 4.69) is 17.1 Å². The zero-order valence-corrected chi connectivity index (χ0v) is 18.8. The number of hydrogen-bond acceptors (Lipinski definition) is 3. The molecule has 0 unspecified atom stereocenters. The molecule has 0 radical (unpaired) electrons. The molecule has 0 bridgehead atoms. The normalized spacial score (nSPS) is 17.7. The molecule has 3 aromatic rings. The van der Waals surface area contributed by atoms with E-state index in [1.165, 1.54) is 18.4 Å². The van der Waals surface area contributed by atoms with Gasteiger partial charge in [0.25, 0.3) is 5.91 Å². The van der Waals surface area contributed by atoms with E-state index in [4.69, 9.17) is 9.47 Å². The molecule has 2 aromatic carbocycles. The number of fused-ring (bicyclic) bond motifs is 1. The first-order valence-electron chi connectivity index (χ1n) is 11.9. The summed E-state index contributed by atoms with van der Waals surface area (Å²) >= 11 is 0. The van der Waals surface area contributed by atoms with Crippen LogP contribution in [-0.2, 0) is 6.42 Å². The van der Waals surface area contributed by atoms with Gasteiger partial charge < -0.3 is 19.4 Å². The van der Waals surface area contributed by atoms with E-state index in [-0.39, 0.29) is 5.91 Å². The number of ether oxygens (including phenoxy) is 2. The average Bonchev–Trinajstić information content (AvgIpc) is 3.49. The second kappa shape index (κ2) is 9.27. The molecule has 2 fully saturated rings. The van der Waals surface area contributed by atoms with Gasteiger partial charge in [0.15, 0.2) is 11.5 Å². The third kappa shape index (κ3) is 4.47. The summed E-state index contributed by atoms with van der Waals surface area (Å²) in [5.41, 5.74) is 2.99. The predicted octanol–water partition coefficient (Wildman–Crippen LogP) is 5.59. The lowest BCUT2D eigenvalue weighted by atomic mass is 9.90. The van der Waals surface area contributed by atoms with E-state index < -0.39 is 0 Å². The molecule has 1 amide bonds. The van der Waals surface area contributed by atoms with E-state index in [1.54, 1.807) is 7.11 Å². The van der Waals surface area contributed by atoms with Gasteiger partial charge in [-0.25, -0.2) is 0 Å². The van der Waals surface area contributed by atoms with Gasteiger partial charge in [-0.3, -0.25) is 4.79 Å². The maximum absolute atomic E-state index is 13.0. The second-order valence-electron chi connectivity index (χ2n) is 9.22. The van der Waals surface area contributed by atoms with Crippen LogP contribution in [0.2, 0.25) is 0 Å². The van der Waals surface area contributed by atoms with Crippen molar-refractivity contribution in [2.24, 2.45) is 5.92 Å². The van der Waals surface area contributed by atoms with Crippen molar-refractivity contribution in [2.75, 3.05) is 20.2 Å². The van der Waals surface area contributed by atoms with Crippen molar-refractivity contribution in [3.63, 3.8) is 0 Å². The molecule has 1 saturated heterocycles. The smallest absolute Gasteiger partial charge is 0.270 e. The summed E-state index contributed by atoms with van der Waals surface area (Å²) < 4.78 is 11.8. The molecule has 2 aliphatic rings. The van der Waals surface area contributed by atoms with Crippen LogP contribution < -0.4 is 9.47 Å². The Hall–Kier alpha value is -2.95. The predicted molar refractivity (Wildman–Crippen MR) is 127 cm³/mol. The maximum Gasteiger partial charge on any atom is 0.270 e. The Morgan fingerprint density at radius 1 is 1.00 bits per heavy atom. The van der Waals surface area contributed by atoms with Gasteiger partial charge in [0.05, 0.1) is 13.2 Å². The minimum atomic E-state index is 0.108. The summed E-state index contributed by atoms with van der Waals surface area (Å²) in [7, 11) is 1.70. The monoisotopic (exact) mass is 432 g/mol. The molecule has 1 saturated carbocycles. The molecular weight excluding hydrogens is 400 g/mol. The van der Waals surface area contributed by atoms with Gasteiger partial charge in [0.2, 0.25) is 0 Å². The highest BCUT2D eigenvalue weighted by atomic mass is 16.5. The fourth-order valence-corrected chi connectivity index (χ4v) is 5.16. The van der Waals surface area contributed by atoms with Gasteiger partial charge in [-0.2, -0.15) is 0 Å². The molecule has 1 aliphatic heterocycles. The molecule has 2 heterocycles. The first kappa shape index (κ1) is 20.9. The lowest BCUT2D eigenvalue weighted by Crippen LogP contribution is -2.39. The number of likely N-dealkylation sites (tertiary alicyclic amines) is 1. The van der Waals surface area contributed by atoms with Crippen molar-refractivity contribution in [2.45, 2.75) is 51.0 Å². The number of para-hydroxylation sites is 1. The third-order valence-electron chi connectivity index (χ3n) is 7.01. The van der Waals surface area contributed by atoms with Crippen LogP contribution in [0.25, 0.3) is 10.9 Å². The molecule has 1 aliphatic carbocycles. The summed E-state index contributed by atoms with van der Waals surface area (Å²) in [4.78, 5) is 18.2. The van der Waals surface area contributed by atoms with Crippen molar-refractivity contribution in [1.29, 1.82) is 0 Å². The summed E-state index contributed by atoms with van der Waals surface area (Å²) in [6.45, 7) is 1.61. The van der Waals surface area contributed by atoms with Gasteiger partial charge >= 0.3 is 0 Å². The number of carbonyl (C=O) groups excluding carboxylic acids is 1. The van der Waals surface area contributed by atoms with Crippen LogP contribution in [0.5, 0.6) is 11.5 Å². The number of aromatic nitrogens is 1. The van der Waals surface area contributed by atoms with Crippen LogP contribution in [-0.4, -0.2) is 42.1 Å². The first-order chi connectivity index (χ1) is 15.7. The Labute approximate surface area is 189 Å². The summed E-state index contributed by atoms with van der Waals surface area (Å²) in [6, 6.07) is 16.4. The summed E-state index contributed by atoms with van der Waals surface area (Å²) in [5.74, 6) is 2.38. The van der Waals surface area contributed by atoms with Crippen LogP contribution in [0, 0.1) is 5.92 Å². The highest BCUT2D eigenvalue weighted by Gasteiger charge is 2.25. The van der Waals surface area contributed by atoms with E-state index in [1.807, 2.05) is 41.3 Å². The molecular formula is C27H32N2O3. The molecule has 5 nitrogen and oxygen atoms in total. The van der Waals surface area contributed by atoms with Crippen LogP contribution >= 0.6 is 0 Å². The molecule has 0 spiro atoms. The van der Waals surface area contributed by atoms with Gasteiger partial charge in [-0.05, 0) is 80.7 Å². The Morgan fingerprint density at radius 3 is 2.53 bits per heavy atom. The number of hydrogen-bond donors (Lipinski definition) is 1. The Bertz CT molecular complexity index is 1040. The number of nitrogens with zero attached hydrogens (tertiary/aromatic N) is 1. The summed E-state index contributed by atoms with van der Waals surface area (Å²) in [5, 5.41) is 1.08. The Kier molecular flexibility index (Phi) is 6.06. The lowest BCUT2D eigenvalue weighted by molar-refractivity contribution is 0.0685. The number of nitrogens with one attached hydrogen (secondary N) is 1. The fraction of sp³-hybridized carbons (Fsp3) is 0.444. The third-order valence-corrected chi connectivity index (χ3v) is 7.01. The minimum absolute atomic E-state index is 0.108. The second-order valence-corrected chi connectivity index (χ2v) is 9.22. The van der Waals surface area contributed by atoms with Crippen LogP contribution in [0.15, 0.2) is 48.5 Å². The maximum atomic E-state index is 13.0. The van der Waals surface area contributed by atoms with Gasteiger partial charge in [-0.1, -0.05) is 24.3 Å². The highest BCUT2D eigenvalue weighted by molar-refractivity contribution is 5.98. The molecule has 1 N–H and O–H groups in total. The van der Waals surface area contributed by atoms with Crippen molar-refractivity contribution in [3.8, 4) is 11.5 Å². The molecule has 5 rings (SSSR count). The number of H-pyrrole nitrogens is 1. The SMILES string of the molecule is COc1ccc(CC2CCN(C(=O)c3cc4ccccc4[nH]3)CC2)cc1OC1CCCC1. The van der Waals surface area contributed by atoms with Gasteiger partial charge in [0.1, 0.15) is 5.69 Å². The van der Waals surface area contributed by atoms with Crippen LogP contribution in [0.1, 0.15) is 54.6 Å². The number of methoxy groups -OCH3 is 1. The number of aromatic amines is 1. The van der Waals surface area contributed by atoms with E-state index >= 15 is 0 Å². The van der Waals surface area contributed by atoms with Crippen molar-refractivity contribution < 1.29 is 14.3 Å². The van der Waals surface area contributed by atoms with Crippen LogP contribution in [0.4, 0.5) is 0 Å². The quantitative estimate of drug-likeness (QED) is 0.552. The molecule has 5 heteroatoms. The highest BCUT2D eigenvalue weighted by Crippen LogP contribution is 2.34. The molecule has 0 atom stereocenters. The molecule has 168 valence electrons. The zero-order chi connectivity index (χ0) is 21.9. The number of amides is 1. The van der Waals surface area contributed by atoms with E-state index in [9.17, 15) is 4.79 Å². The average molecular weight is 433 g/mol. The van der Waals surface area contributed by atoms with E-state index in [0.29, 0.717) is 17.7 Å². The number of piperidine rings is 1. The van der Waals surface area contributed by atoms with Crippen molar-refractivity contribution in [1.82, 2.24) is 9.88 Å². The largest absolute Gasteiger partial charge is 0.493 e. The Morgan fingerprint density at radius 2 is 1.78 bits per heavy atom. The molecule has 32 heavy (non-hydrogen) atoms. The van der Waals surface area contributed by atoms with Crippen molar-refractivity contribution in [3.05, 3.63) is 59.8 Å². The zero-order valence-electron chi connectivity index (χ0n) is 18.8. The van der Waals surface area contributed by atoms with Gasteiger partial charge in [0, 0.05) is 24.0 Å². The van der Waals surface area contributed by atoms with Crippen LogP contribution in [0.3, 0.4) is 0 Å².